The number of carbonyl (C=O) groups is 2. The van der Waals surface area contributed by atoms with Crippen LogP contribution >= 0.6 is 0 Å². The van der Waals surface area contributed by atoms with Crippen LogP contribution in [0.2, 0.25) is 0 Å². The minimum atomic E-state index is -3.42. The Hall–Kier alpha value is -3.07. The highest BCUT2D eigenvalue weighted by molar-refractivity contribution is 7.92. The number of carbonyl (C=O) groups excluding carboxylic acids is 2. The molecule has 2 aromatic carbocycles. The fourth-order valence-electron chi connectivity index (χ4n) is 3.75. The first-order valence-corrected chi connectivity index (χ1v) is 12.8. The molecule has 1 heterocycles. The molecule has 0 radical (unpaired) electrons. The van der Waals surface area contributed by atoms with Gasteiger partial charge in [-0.3, -0.25) is 14.3 Å². The second kappa shape index (κ2) is 11.2. The fourth-order valence-corrected chi connectivity index (χ4v) is 4.94. The first-order chi connectivity index (χ1) is 15.8. The second-order valence-electron chi connectivity index (χ2n) is 8.15. The van der Waals surface area contributed by atoms with Crippen LogP contribution in [0.4, 0.5) is 11.4 Å². The van der Waals surface area contributed by atoms with Crippen molar-refractivity contribution in [3.8, 4) is 5.75 Å². The highest BCUT2D eigenvalue weighted by Gasteiger charge is 2.28. The van der Waals surface area contributed by atoms with E-state index in [1.54, 1.807) is 49.1 Å². The summed E-state index contributed by atoms with van der Waals surface area (Å²) in [5, 5.41) is 2.93. The van der Waals surface area contributed by atoms with Gasteiger partial charge in [-0.2, -0.15) is 0 Å². The lowest BCUT2D eigenvalue weighted by molar-refractivity contribution is -0.136. The van der Waals surface area contributed by atoms with Crippen molar-refractivity contribution in [1.29, 1.82) is 0 Å². The van der Waals surface area contributed by atoms with Crippen LogP contribution in [0.25, 0.3) is 0 Å². The number of likely N-dealkylation sites (tertiary alicyclic amines) is 1. The molecule has 1 aliphatic rings. The van der Waals surface area contributed by atoms with Crippen LogP contribution in [0.15, 0.2) is 48.5 Å². The predicted molar refractivity (Wildman–Crippen MR) is 129 cm³/mol. The molecule has 0 unspecified atom stereocenters. The van der Waals surface area contributed by atoms with Crippen molar-refractivity contribution >= 4 is 33.2 Å². The van der Waals surface area contributed by atoms with E-state index in [0.29, 0.717) is 55.0 Å². The third-order valence-electron chi connectivity index (χ3n) is 5.65. The SMILES string of the molecule is CCCS(=O)(=O)Nc1cccc(NC(=O)C2CCN(C(=O)COc3ccccc3)CC2)c1C. The normalized spacial score (nSPS) is 14.5. The summed E-state index contributed by atoms with van der Waals surface area (Å²) < 4.78 is 32.3. The van der Waals surface area contributed by atoms with Crippen LogP contribution < -0.4 is 14.8 Å². The Morgan fingerprint density at radius 3 is 2.36 bits per heavy atom. The van der Waals surface area contributed by atoms with Crippen LogP contribution in [0, 0.1) is 12.8 Å². The van der Waals surface area contributed by atoms with E-state index in [-0.39, 0.29) is 30.1 Å². The van der Waals surface area contributed by atoms with Crippen molar-refractivity contribution in [3.63, 3.8) is 0 Å². The Labute approximate surface area is 195 Å². The summed E-state index contributed by atoms with van der Waals surface area (Å²) in [6, 6.07) is 14.3. The molecule has 0 atom stereocenters. The Balaban J connectivity index is 1.52. The molecule has 2 N–H and O–H groups in total. The van der Waals surface area contributed by atoms with Gasteiger partial charge in [0.15, 0.2) is 6.61 Å². The molecule has 0 spiro atoms. The van der Waals surface area contributed by atoms with Crippen LogP contribution in [0.1, 0.15) is 31.7 Å². The first kappa shape index (κ1) is 24.6. The molecule has 3 rings (SSSR count). The average Bonchev–Trinajstić information content (AvgIpc) is 2.80. The van der Waals surface area contributed by atoms with E-state index in [1.165, 1.54) is 0 Å². The minimum Gasteiger partial charge on any atom is -0.484 e. The number of para-hydroxylation sites is 1. The van der Waals surface area contributed by atoms with Gasteiger partial charge in [-0.1, -0.05) is 31.2 Å². The number of rotatable bonds is 9. The second-order valence-corrected chi connectivity index (χ2v) is 9.99. The van der Waals surface area contributed by atoms with Crippen molar-refractivity contribution in [1.82, 2.24) is 4.90 Å². The maximum absolute atomic E-state index is 12.8. The molecule has 33 heavy (non-hydrogen) atoms. The molecule has 1 fully saturated rings. The number of anilines is 2. The molecule has 0 aromatic heterocycles. The standard InChI is InChI=1S/C24H31N3O5S/c1-3-16-33(30,31)26-22-11-7-10-21(18(22)2)25-24(29)19-12-14-27(15-13-19)23(28)17-32-20-8-5-4-6-9-20/h4-11,19,26H,3,12-17H2,1-2H3,(H,25,29). The lowest BCUT2D eigenvalue weighted by Gasteiger charge is -2.31. The molecule has 0 aliphatic carbocycles. The number of sulfonamides is 1. The molecule has 0 saturated carbocycles. The maximum Gasteiger partial charge on any atom is 0.260 e. The maximum atomic E-state index is 12.8. The zero-order valence-electron chi connectivity index (χ0n) is 19.0. The van der Waals surface area contributed by atoms with Crippen LogP contribution in [0.5, 0.6) is 5.75 Å². The summed E-state index contributed by atoms with van der Waals surface area (Å²) in [4.78, 5) is 27.0. The Morgan fingerprint density at radius 2 is 1.70 bits per heavy atom. The quantitative estimate of drug-likeness (QED) is 0.581. The number of piperidine rings is 1. The smallest absolute Gasteiger partial charge is 0.260 e. The third-order valence-corrected chi connectivity index (χ3v) is 7.13. The third kappa shape index (κ3) is 6.95. The molecular weight excluding hydrogens is 442 g/mol. The van der Waals surface area contributed by atoms with E-state index in [9.17, 15) is 18.0 Å². The van der Waals surface area contributed by atoms with Crippen molar-refractivity contribution in [2.75, 3.05) is 35.5 Å². The Bertz CT molecular complexity index is 1060. The first-order valence-electron chi connectivity index (χ1n) is 11.2. The Morgan fingerprint density at radius 1 is 1.03 bits per heavy atom. The van der Waals surface area contributed by atoms with Crippen molar-refractivity contribution < 1.29 is 22.7 Å². The summed E-state index contributed by atoms with van der Waals surface area (Å²) in [7, 11) is -3.42. The molecule has 1 aliphatic heterocycles. The number of benzene rings is 2. The van der Waals surface area contributed by atoms with Gasteiger partial charge in [0.25, 0.3) is 5.91 Å². The van der Waals surface area contributed by atoms with Crippen LogP contribution in [-0.4, -0.2) is 50.6 Å². The van der Waals surface area contributed by atoms with Gasteiger partial charge >= 0.3 is 0 Å². The van der Waals surface area contributed by atoms with Crippen molar-refractivity contribution in [2.24, 2.45) is 5.92 Å². The van der Waals surface area contributed by atoms with Gasteiger partial charge in [0.1, 0.15) is 5.75 Å². The molecular formula is C24H31N3O5S. The summed E-state index contributed by atoms with van der Waals surface area (Å²) in [6.07, 6.45) is 1.64. The van der Waals surface area contributed by atoms with Gasteiger partial charge in [0, 0.05) is 24.7 Å². The van der Waals surface area contributed by atoms with Crippen LogP contribution in [0.3, 0.4) is 0 Å². The zero-order valence-corrected chi connectivity index (χ0v) is 19.9. The summed E-state index contributed by atoms with van der Waals surface area (Å²) in [5.41, 5.74) is 1.70. The van der Waals surface area contributed by atoms with E-state index >= 15 is 0 Å². The topological polar surface area (TPSA) is 105 Å². The average molecular weight is 474 g/mol. The van der Waals surface area contributed by atoms with Crippen molar-refractivity contribution in [2.45, 2.75) is 33.1 Å². The fraction of sp³-hybridized carbons (Fsp3) is 0.417. The van der Waals surface area contributed by atoms with Gasteiger partial charge in [0.2, 0.25) is 15.9 Å². The monoisotopic (exact) mass is 473 g/mol. The van der Waals surface area contributed by atoms with Gasteiger partial charge in [-0.25, -0.2) is 8.42 Å². The number of hydrogen-bond acceptors (Lipinski definition) is 5. The number of ether oxygens (including phenoxy) is 1. The minimum absolute atomic E-state index is 0.0270. The van der Waals surface area contributed by atoms with Gasteiger partial charge in [0.05, 0.1) is 11.4 Å². The summed E-state index contributed by atoms with van der Waals surface area (Å²) in [6.45, 7) is 4.53. The predicted octanol–water partition coefficient (Wildman–Crippen LogP) is 3.40. The molecule has 178 valence electrons. The van der Waals surface area contributed by atoms with E-state index < -0.39 is 10.0 Å². The lowest BCUT2D eigenvalue weighted by atomic mass is 9.95. The van der Waals surface area contributed by atoms with E-state index in [2.05, 4.69) is 10.0 Å². The summed E-state index contributed by atoms with van der Waals surface area (Å²) in [5.74, 6) is 0.245. The number of nitrogens with zero attached hydrogens (tertiary/aromatic N) is 1. The molecule has 0 bridgehead atoms. The molecule has 9 heteroatoms. The van der Waals surface area contributed by atoms with Gasteiger partial charge in [-0.05, 0) is 56.0 Å². The number of hydrogen-bond donors (Lipinski definition) is 2. The zero-order chi connectivity index (χ0) is 23.8. The van der Waals surface area contributed by atoms with Crippen molar-refractivity contribution in [3.05, 3.63) is 54.1 Å². The van der Waals surface area contributed by atoms with E-state index in [1.807, 2.05) is 18.2 Å². The molecule has 8 nitrogen and oxygen atoms in total. The molecule has 2 aromatic rings. The van der Waals surface area contributed by atoms with Gasteiger partial charge in [-0.15, -0.1) is 0 Å². The highest BCUT2D eigenvalue weighted by Crippen LogP contribution is 2.26. The summed E-state index contributed by atoms with van der Waals surface area (Å²) >= 11 is 0. The lowest BCUT2D eigenvalue weighted by Crippen LogP contribution is -2.43. The highest BCUT2D eigenvalue weighted by atomic mass is 32.2. The van der Waals surface area contributed by atoms with E-state index in [0.717, 1.165) is 0 Å². The van der Waals surface area contributed by atoms with Gasteiger partial charge < -0.3 is 15.0 Å². The molecule has 1 saturated heterocycles. The largest absolute Gasteiger partial charge is 0.484 e. The number of amides is 2. The van der Waals surface area contributed by atoms with Crippen LogP contribution in [-0.2, 0) is 19.6 Å². The number of nitrogens with one attached hydrogen (secondary N) is 2. The Kier molecular flexibility index (Phi) is 8.32. The molecule has 2 amide bonds. The van der Waals surface area contributed by atoms with E-state index in [4.69, 9.17) is 4.74 Å².